The minimum Gasteiger partial charge on any atom is -0.309 e. The van der Waals surface area contributed by atoms with Gasteiger partial charge in [0.1, 0.15) is 0 Å². The normalized spacial score (nSPS) is 12.1. The highest BCUT2D eigenvalue weighted by molar-refractivity contribution is 9.10. The molecule has 0 spiro atoms. The summed E-state index contributed by atoms with van der Waals surface area (Å²) in [6, 6.07) is 103. The fourth-order valence-corrected chi connectivity index (χ4v) is 14.3. The first-order valence-electron chi connectivity index (χ1n) is 30.4. The first-order valence-corrected chi connectivity index (χ1v) is 32.0. The van der Waals surface area contributed by atoms with Gasteiger partial charge >= 0.3 is 0 Å². The summed E-state index contributed by atoms with van der Waals surface area (Å²) in [6.07, 6.45) is 0. The molecule has 16 aromatic rings. The van der Waals surface area contributed by atoms with Gasteiger partial charge in [-0.15, -0.1) is 0 Å². The third-order valence-electron chi connectivity index (χ3n) is 18.0. The molecule has 0 amide bonds. The quantitative estimate of drug-likeness (QED) is 0.147. The van der Waals surface area contributed by atoms with Gasteiger partial charge in [-0.1, -0.05) is 268 Å². The molecule has 0 saturated carbocycles. The second kappa shape index (κ2) is 21.8. The van der Waals surface area contributed by atoms with E-state index in [1.165, 1.54) is 142 Å². The Morgan fingerprint density at radius 2 is 0.455 bits per heavy atom. The maximum absolute atomic E-state index is 3.60. The van der Waals surface area contributed by atoms with E-state index in [4.69, 9.17) is 0 Å². The molecule has 0 aliphatic heterocycles. The molecule has 0 aliphatic carbocycles. The second-order valence-corrected chi connectivity index (χ2v) is 27.3. The smallest absolute Gasteiger partial charge is 0.0541 e. The van der Waals surface area contributed by atoms with Gasteiger partial charge < -0.3 is 9.13 Å². The molecule has 16 rings (SSSR count). The molecule has 14 aromatic carbocycles. The number of hydrogen-bond acceptors (Lipinski definition) is 0. The number of aromatic nitrogens is 2. The number of halogens is 2. The zero-order valence-electron chi connectivity index (χ0n) is 50.2. The molecule has 0 bridgehead atoms. The van der Waals surface area contributed by atoms with Crippen LogP contribution in [0.2, 0.25) is 0 Å². The van der Waals surface area contributed by atoms with E-state index in [0.29, 0.717) is 0 Å². The summed E-state index contributed by atoms with van der Waals surface area (Å²) in [7, 11) is 0. The van der Waals surface area contributed by atoms with E-state index in [-0.39, 0.29) is 10.8 Å². The van der Waals surface area contributed by atoms with Crippen LogP contribution in [0.5, 0.6) is 0 Å². The van der Waals surface area contributed by atoms with Gasteiger partial charge in [0.15, 0.2) is 0 Å². The fourth-order valence-electron chi connectivity index (χ4n) is 13.7. The third kappa shape index (κ3) is 9.53. The standard InChI is InChI=1S/C54H40N2.C30H24Br2/c1-54(2,3)37-28-33-46-47(34-37)53(36-26-31-39(32-27-36)56-50-22-12-8-16-42(50)43-17-9-13-23-51(43)56)45-19-5-4-18-44(45)52(46)35-24-29-38(30-25-35)55-48-20-10-6-14-40(48)41-15-7-11-21-49(41)55;1-30(2,3)21-12-17-26-27(18-21)29(20-10-15-23(32)16-11-20)25-7-5-4-6-24(25)28(26)19-8-13-22(31)14-9-19/h4-34H,1-3H3;4-18H,1-3H3. The van der Waals surface area contributed by atoms with E-state index in [1.807, 2.05) is 0 Å². The summed E-state index contributed by atoms with van der Waals surface area (Å²) < 4.78 is 6.98. The van der Waals surface area contributed by atoms with Gasteiger partial charge in [-0.2, -0.15) is 0 Å². The van der Waals surface area contributed by atoms with E-state index in [1.54, 1.807) is 0 Å². The van der Waals surface area contributed by atoms with Crippen LogP contribution in [0.4, 0.5) is 0 Å². The monoisotopic (exact) mass is 1260 g/mol. The Balaban J connectivity index is 0.000000172. The predicted molar refractivity (Wildman–Crippen MR) is 386 cm³/mol. The van der Waals surface area contributed by atoms with Gasteiger partial charge in [-0.05, 0) is 194 Å². The lowest BCUT2D eigenvalue weighted by molar-refractivity contribution is 0.591. The second-order valence-electron chi connectivity index (χ2n) is 25.5. The zero-order chi connectivity index (χ0) is 60.0. The first kappa shape index (κ1) is 55.3. The maximum Gasteiger partial charge on any atom is 0.0541 e. The van der Waals surface area contributed by atoms with Gasteiger partial charge in [0.05, 0.1) is 22.1 Å². The lowest BCUT2D eigenvalue weighted by atomic mass is 9.81. The summed E-state index contributed by atoms with van der Waals surface area (Å²) in [5, 5.41) is 15.3. The molecule has 2 heterocycles. The maximum atomic E-state index is 3.60. The van der Waals surface area contributed by atoms with Crippen LogP contribution in [-0.2, 0) is 10.8 Å². The van der Waals surface area contributed by atoms with Crippen LogP contribution in [-0.4, -0.2) is 9.13 Å². The number of nitrogens with zero attached hydrogens (tertiary/aromatic N) is 2. The molecule has 4 heteroatoms. The van der Waals surface area contributed by atoms with Crippen LogP contribution < -0.4 is 0 Å². The Morgan fingerprint density at radius 3 is 0.727 bits per heavy atom. The summed E-state index contributed by atoms with van der Waals surface area (Å²) in [6.45, 7) is 13.8. The van der Waals surface area contributed by atoms with Crippen molar-refractivity contribution in [3.63, 3.8) is 0 Å². The fraction of sp³-hybridized carbons (Fsp3) is 0.0952. The van der Waals surface area contributed by atoms with Crippen LogP contribution in [0.3, 0.4) is 0 Å². The minimum absolute atomic E-state index is 0.00161. The predicted octanol–water partition coefficient (Wildman–Crippen LogP) is 25.0. The van der Waals surface area contributed by atoms with Gasteiger partial charge in [0, 0.05) is 41.9 Å². The minimum atomic E-state index is 0.00161. The Bertz CT molecular complexity index is 5270. The number of fused-ring (bicyclic) bond motifs is 10. The van der Waals surface area contributed by atoms with Crippen LogP contribution in [0.15, 0.2) is 288 Å². The first-order chi connectivity index (χ1) is 42.8. The average Bonchev–Trinajstić information content (AvgIpc) is 2.33. The van der Waals surface area contributed by atoms with Gasteiger partial charge in [0.25, 0.3) is 0 Å². The molecule has 0 N–H and O–H groups in total. The molecular weight excluding hydrogens is 1200 g/mol. The molecule has 0 radical (unpaired) electrons. The highest BCUT2D eigenvalue weighted by Gasteiger charge is 2.24. The molecular formula is C84H64Br2N2. The van der Waals surface area contributed by atoms with Gasteiger partial charge in [0.2, 0.25) is 0 Å². The average molecular weight is 1260 g/mol. The molecule has 0 saturated heterocycles. The Hall–Kier alpha value is -9.32. The molecule has 424 valence electrons. The third-order valence-corrected chi connectivity index (χ3v) is 19.1. The lowest BCUT2D eigenvalue weighted by Gasteiger charge is -2.23. The largest absolute Gasteiger partial charge is 0.309 e. The molecule has 0 unspecified atom stereocenters. The van der Waals surface area contributed by atoms with Crippen LogP contribution >= 0.6 is 31.9 Å². The topological polar surface area (TPSA) is 9.86 Å². The van der Waals surface area contributed by atoms with Crippen LogP contribution in [0.1, 0.15) is 52.7 Å². The molecule has 0 fully saturated rings. The van der Waals surface area contributed by atoms with Crippen molar-refractivity contribution in [1.82, 2.24) is 9.13 Å². The van der Waals surface area contributed by atoms with Crippen LogP contribution in [0, 0.1) is 0 Å². The number of hydrogen-bond donors (Lipinski definition) is 0. The summed E-state index contributed by atoms with van der Waals surface area (Å²) in [4.78, 5) is 0. The van der Waals surface area contributed by atoms with Crippen LogP contribution in [0.25, 0.3) is 143 Å². The molecule has 0 aliphatic rings. The zero-order valence-corrected chi connectivity index (χ0v) is 53.4. The summed E-state index contributed by atoms with van der Waals surface area (Å²) >= 11 is 7.19. The molecule has 88 heavy (non-hydrogen) atoms. The van der Waals surface area contributed by atoms with Crippen molar-refractivity contribution in [2.24, 2.45) is 0 Å². The Labute approximate surface area is 531 Å². The van der Waals surface area contributed by atoms with E-state index >= 15 is 0 Å². The highest BCUT2D eigenvalue weighted by atomic mass is 79.9. The van der Waals surface area contributed by atoms with Crippen molar-refractivity contribution in [3.05, 3.63) is 299 Å². The van der Waals surface area contributed by atoms with E-state index in [0.717, 1.165) is 20.3 Å². The SMILES string of the molecule is CC(C)(C)c1ccc2c(-c3ccc(-n4c5ccccc5c5ccccc54)cc3)c3ccccc3c(-c3ccc(-n4c5ccccc5c5ccccc54)cc3)c2c1.CC(C)(C)c1ccc2c(-c3ccc(Br)cc3)c3ccccc3c(-c3ccc(Br)cc3)c2c1. The van der Waals surface area contributed by atoms with Gasteiger partial charge in [-0.25, -0.2) is 0 Å². The molecule has 2 aromatic heterocycles. The van der Waals surface area contributed by atoms with E-state index < -0.39 is 0 Å². The molecule has 0 atom stereocenters. The van der Waals surface area contributed by atoms with Crippen molar-refractivity contribution in [1.29, 1.82) is 0 Å². The number of para-hydroxylation sites is 4. The van der Waals surface area contributed by atoms with Gasteiger partial charge in [-0.3, -0.25) is 0 Å². The lowest BCUT2D eigenvalue weighted by Crippen LogP contribution is -2.10. The number of benzene rings is 14. The Kier molecular flexibility index (Phi) is 13.7. The van der Waals surface area contributed by atoms with E-state index in [9.17, 15) is 0 Å². The Morgan fingerprint density at radius 1 is 0.227 bits per heavy atom. The number of rotatable bonds is 6. The summed E-state index contributed by atoms with van der Waals surface area (Å²) in [5.74, 6) is 0. The molecule has 2 nitrogen and oxygen atoms in total. The van der Waals surface area contributed by atoms with Crippen molar-refractivity contribution < 1.29 is 0 Å². The van der Waals surface area contributed by atoms with Crippen molar-refractivity contribution >= 4 is 119 Å². The van der Waals surface area contributed by atoms with Crippen molar-refractivity contribution in [3.8, 4) is 55.9 Å². The van der Waals surface area contributed by atoms with Crippen molar-refractivity contribution in [2.45, 2.75) is 52.4 Å². The van der Waals surface area contributed by atoms with Crippen molar-refractivity contribution in [2.75, 3.05) is 0 Å². The highest BCUT2D eigenvalue weighted by Crippen LogP contribution is 2.48. The van der Waals surface area contributed by atoms with E-state index in [2.05, 4.69) is 362 Å². The summed E-state index contributed by atoms with van der Waals surface area (Å²) in [5.41, 5.74) is 20.0.